The molecule has 1 aromatic heterocycles. The first-order valence-electron chi connectivity index (χ1n) is 10.1. The second-order valence-corrected chi connectivity index (χ2v) is 8.05. The quantitative estimate of drug-likeness (QED) is 0.233. The molecule has 0 bridgehead atoms. The van der Waals surface area contributed by atoms with Crippen molar-refractivity contribution in [2.75, 3.05) is 13.1 Å². The third kappa shape index (κ3) is 3.02. The highest BCUT2D eigenvalue weighted by atomic mass is 35.5. The lowest BCUT2D eigenvalue weighted by Gasteiger charge is -2.30. The molecule has 0 unspecified atom stereocenters. The highest BCUT2D eigenvalue weighted by molar-refractivity contribution is 6.32. The van der Waals surface area contributed by atoms with Gasteiger partial charge in [0, 0.05) is 30.1 Å². The molecule has 0 spiro atoms. The molecule has 0 saturated carbocycles. The summed E-state index contributed by atoms with van der Waals surface area (Å²) in [6.45, 7) is 4.88. The van der Waals surface area contributed by atoms with Crippen molar-refractivity contribution in [3.63, 3.8) is 0 Å². The van der Waals surface area contributed by atoms with Crippen molar-refractivity contribution in [1.82, 2.24) is 9.88 Å². The summed E-state index contributed by atoms with van der Waals surface area (Å²) >= 11 is 6.06. The smallest absolute Gasteiger partial charge is 0.288 e. The fraction of sp³-hybridized carbons (Fsp3) is 0.208. The van der Waals surface area contributed by atoms with Crippen LogP contribution in [0.3, 0.4) is 0 Å². The normalized spacial score (nSPS) is 14.2. The maximum Gasteiger partial charge on any atom is 0.288 e. The molecule has 5 nitrogen and oxygen atoms in total. The van der Waals surface area contributed by atoms with Gasteiger partial charge in [0.15, 0.2) is 0 Å². The highest BCUT2D eigenvalue weighted by Crippen LogP contribution is 2.39. The molecular formula is C24H20ClN3O2. The molecule has 1 aliphatic rings. The molecule has 0 saturated heterocycles. The minimum Gasteiger partial charge on any atom is -0.299 e. The first-order chi connectivity index (χ1) is 14.6. The largest absolute Gasteiger partial charge is 0.299 e. The van der Waals surface area contributed by atoms with Crippen molar-refractivity contribution < 1.29 is 4.92 Å². The number of nitrogens with zero attached hydrogens (tertiary/aromatic N) is 3. The summed E-state index contributed by atoms with van der Waals surface area (Å²) < 4.78 is 0. The molecule has 6 heteroatoms. The van der Waals surface area contributed by atoms with Crippen LogP contribution in [0.1, 0.15) is 18.1 Å². The number of aromatic nitrogens is 1. The summed E-state index contributed by atoms with van der Waals surface area (Å²) in [5.74, 6) is 0. The molecule has 0 atom stereocenters. The van der Waals surface area contributed by atoms with Crippen molar-refractivity contribution in [1.29, 1.82) is 0 Å². The molecule has 0 N–H and O–H groups in total. The average Bonchev–Trinajstić information content (AvgIpc) is 2.78. The maximum absolute atomic E-state index is 11.4. The summed E-state index contributed by atoms with van der Waals surface area (Å²) in [7, 11) is 0. The molecule has 3 aromatic carbocycles. The summed E-state index contributed by atoms with van der Waals surface area (Å²) in [6.07, 6.45) is 0.929. The number of rotatable bonds is 3. The zero-order valence-corrected chi connectivity index (χ0v) is 17.3. The number of nitro benzene ring substituents is 1. The van der Waals surface area contributed by atoms with Crippen molar-refractivity contribution in [3.8, 4) is 11.3 Å². The van der Waals surface area contributed by atoms with Gasteiger partial charge in [-0.2, -0.15) is 0 Å². The van der Waals surface area contributed by atoms with E-state index in [2.05, 4.69) is 42.2 Å². The van der Waals surface area contributed by atoms with E-state index < -0.39 is 4.92 Å². The van der Waals surface area contributed by atoms with Crippen LogP contribution >= 0.6 is 11.6 Å². The summed E-state index contributed by atoms with van der Waals surface area (Å²) in [5, 5.41) is 15.2. The van der Waals surface area contributed by atoms with Crippen molar-refractivity contribution >= 4 is 39.0 Å². The third-order valence-electron chi connectivity index (χ3n) is 6.01. The van der Waals surface area contributed by atoms with Crippen molar-refractivity contribution in [2.24, 2.45) is 0 Å². The van der Waals surface area contributed by atoms with E-state index in [0.29, 0.717) is 0 Å². The average molecular weight is 418 g/mol. The minimum absolute atomic E-state index is 0.0912. The Hall–Kier alpha value is -3.02. The van der Waals surface area contributed by atoms with Crippen LogP contribution in [-0.2, 0) is 13.0 Å². The van der Waals surface area contributed by atoms with Crippen LogP contribution < -0.4 is 0 Å². The fourth-order valence-electron chi connectivity index (χ4n) is 4.48. The van der Waals surface area contributed by atoms with Crippen molar-refractivity contribution in [2.45, 2.75) is 19.9 Å². The Morgan fingerprint density at radius 2 is 1.97 bits per heavy atom. The van der Waals surface area contributed by atoms with Gasteiger partial charge in [0.25, 0.3) is 5.69 Å². The van der Waals surface area contributed by atoms with Crippen LogP contribution in [0.5, 0.6) is 0 Å². The Morgan fingerprint density at radius 3 is 2.77 bits per heavy atom. The first-order valence-corrected chi connectivity index (χ1v) is 10.4. The number of hydrogen-bond donors (Lipinski definition) is 0. The Morgan fingerprint density at radius 1 is 1.13 bits per heavy atom. The molecule has 0 radical (unpaired) electrons. The van der Waals surface area contributed by atoms with E-state index in [4.69, 9.17) is 16.6 Å². The first kappa shape index (κ1) is 19.0. The fourth-order valence-corrected chi connectivity index (χ4v) is 4.67. The summed E-state index contributed by atoms with van der Waals surface area (Å²) in [4.78, 5) is 18.4. The van der Waals surface area contributed by atoms with Gasteiger partial charge in [0.2, 0.25) is 0 Å². The second-order valence-electron chi connectivity index (χ2n) is 7.64. The minimum atomic E-state index is -0.439. The molecule has 0 fully saturated rings. The zero-order chi connectivity index (χ0) is 20.8. The maximum atomic E-state index is 11.4. The van der Waals surface area contributed by atoms with Crippen LogP contribution in [0.4, 0.5) is 5.69 Å². The van der Waals surface area contributed by atoms with Gasteiger partial charge in [-0.3, -0.25) is 15.0 Å². The zero-order valence-electron chi connectivity index (χ0n) is 16.6. The number of benzene rings is 3. The third-order valence-corrected chi connectivity index (χ3v) is 6.33. The molecule has 1 aliphatic heterocycles. The molecule has 150 valence electrons. The predicted octanol–water partition coefficient (Wildman–Crippen LogP) is 5.99. The van der Waals surface area contributed by atoms with Gasteiger partial charge in [-0.05, 0) is 47.0 Å². The molecule has 0 amide bonds. The highest BCUT2D eigenvalue weighted by Gasteiger charge is 2.25. The van der Waals surface area contributed by atoms with E-state index in [9.17, 15) is 10.1 Å². The van der Waals surface area contributed by atoms with E-state index in [-0.39, 0.29) is 10.7 Å². The van der Waals surface area contributed by atoms with Gasteiger partial charge in [-0.25, -0.2) is 4.98 Å². The van der Waals surface area contributed by atoms with E-state index in [0.717, 1.165) is 48.4 Å². The number of likely N-dealkylation sites (N-methyl/N-ethyl adjacent to an activating group) is 1. The van der Waals surface area contributed by atoms with Crippen molar-refractivity contribution in [3.05, 3.63) is 80.9 Å². The number of pyridine rings is 1. The van der Waals surface area contributed by atoms with Crippen LogP contribution in [0.25, 0.3) is 32.9 Å². The van der Waals surface area contributed by atoms with Crippen LogP contribution in [0.15, 0.2) is 54.6 Å². The number of nitro groups is 1. The molecule has 4 aromatic rings. The standard InChI is InChI=1S/C24H20ClN3O2/c1-2-27-12-11-18-19(14-27)24(16-7-9-20(25)22(13-16)28(29)30)26-21-10-8-15-5-3-4-6-17(15)23(18)21/h3-10,13H,2,11-12,14H2,1H3. The number of fused-ring (bicyclic) bond motifs is 5. The molecule has 30 heavy (non-hydrogen) atoms. The van der Waals surface area contributed by atoms with Gasteiger partial charge >= 0.3 is 0 Å². The molecule has 0 aliphatic carbocycles. The van der Waals surface area contributed by atoms with Gasteiger partial charge in [0.1, 0.15) is 5.02 Å². The lowest BCUT2D eigenvalue weighted by molar-refractivity contribution is -0.384. The van der Waals surface area contributed by atoms with Gasteiger partial charge in [-0.15, -0.1) is 0 Å². The summed E-state index contributed by atoms with van der Waals surface area (Å²) in [6, 6.07) is 17.5. The van der Waals surface area contributed by atoms with Gasteiger partial charge in [-0.1, -0.05) is 54.9 Å². The monoisotopic (exact) mass is 417 g/mol. The molecule has 5 rings (SSSR count). The SMILES string of the molecule is CCN1CCc2c(c(-c3ccc(Cl)c([N+](=O)[O-])c3)nc3ccc4ccccc4c23)C1. The topological polar surface area (TPSA) is 59.3 Å². The Labute approximate surface area is 179 Å². The second kappa shape index (κ2) is 7.35. The van der Waals surface area contributed by atoms with Crippen LogP contribution in [-0.4, -0.2) is 27.9 Å². The predicted molar refractivity (Wildman–Crippen MR) is 121 cm³/mol. The van der Waals surface area contributed by atoms with Crippen LogP contribution in [0, 0.1) is 10.1 Å². The lowest BCUT2D eigenvalue weighted by atomic mass is 9.89. The number of hydrogen-bond acceptors (Lipinski definition) is 4. The van der Waals surface area contributed by atoms with E-state index in [1.54, 1.807) is 12.1 Å². The molecular weight excluding hydrogens is 398 g/mol. The van der Waals surface area contributed by atoms with Gasteiger partial charge < -0.3 is 0 Å². The lowest BCUT2D eigenvalue weighted by Crippen LogP contribution is -2.31. The van der Waals surface area contributed by atoms with E-state index in [1.165, 1.54) is 21.7 Å². The number of halogens is 1. The Bertz CT molecular complexity index is 1320. The van der Waals surface area contributed by atoms with E-state index in [1.807, 2.05) is 12.1 Å². The van der Waals surface area contributed by atoms with Crippen LogP contribution in [0.2, 0.25) is 5.02 Å². The Balaban J connectivity index is 1.84. The van der Waals surface area contributed by atoms with Gasteiger partial charge in [0.05, 0.1) is 16.1 Å². The van der Waals surface area contributed by atoms with E-state index >= 15 is 0 Å². The summed E-state index contributed by atoms with van der Waals surface area (Å²) in [5.41, 5.74) is 4.83. The Kier molecular flexibility index (Phi) is 4.65. The molecule has 2 heterocycles.